The average molecular weight is 697 g/mol. The second-order valence-electron chi connectivity index (χ2n) is 12.6. The Kier molecular flexibility index (Phi) is 11.1. The summed E-state index contributed by atoms with van der Waals surface area (Å²) in [5.74, 6) is -0.237. The molecule has 0 radical (unpaired) electrons. The predicted octanol–water partition coefficient (Wildman–Crippen LogP) is 8.56. The Morgan fingerprint density at radius 3 is 0.500 bits per heavy atom. The van der Waals surface area contributed by atoms with Crippen LogP contribution in [0, 0.1) is 0 Å². The van der Waals surface area contributed by atoms with Crippen LogP contribution in [0.5, 0.6) is 0 Å². The summed E-state index contributed by atoms with van der Waals surface area (Å²) in [6.45, 7) is 6.12. The van der Waals surface area contributed by atoms with E-state index in [9.17, 15) is 19.2 Å². The quantitative estimate of drug-likeness (QED) is 0.145. The van der Waals surface area contributed by atoms with Gasteiger partial charge in [-0.25, -0.2) is 0 Å². The lowest BCUT2D eigenvalue weighted by Crippen LogP contribution is -2.23. The minimum atomic E-state index is -0.0593. The molecule has 0 saturated carbocycles. The first kappa shape index (κ1) is 36.9. The Labute approximate surface area is 305 Å². The van der Waals surface area contributed by atoms with Crippen LogP contribution in [0.15, 0.2) is 121 Å². The molecule has 0 aliphatic carbocycles. The van der Waals surface area contributed by atoms with Crippen LogP contribution in [0.4, 0.5) is 56.9 Å². The normalized spacial score (nSPS) is 10.6. The topological polar surface area (TPSA) is 87.7 Å². The van der Waals surface area contributed by atoms with Crippen LogP contribution in [-0.2, 0) is 19.2 Å². The van der Waals surface area contributed by atoms with Crippen molar-refractivity contribution in [2.24, 2.45) is 0 Å². The fourth-order valence-corrected chi connectivity index (χ4v) is 5.67. The molecule has 5 aromatic rings. The molecular formula is C42H44N6O4. The number of amides is 4. The van der Waals surface area contributed by atoms with Gasteiger partial charge in [0.05, 0.1) is 0 Å². The predicted molar refractivity (Wildman–Crippen MR) is 212 cm³/mol. The van der Waals surface area contributed by atoms with Crippen molar-refractivity contribution in [1.29, 1.82) is 0 Å². The van der Waals surface area contributed by atoms with Crippen LogP contribution >= 0.6 is 0 Å². The molecule has 0 aromatic heterocycles. The summed E-state index contributed by atoms with van der Waals surface area (Å²) < 4.78 is 0. The number of carbonyl (C=O) groups is 4. The monoisotopic (exact) mass is 696 g/mol. The Morgan fingerprint density at radius 2 is 0.385 bits per heavy atom. The largest absolute Gasteiger partial charge is 0.316 e. The molecule has 0 saturated heterocycles. The number of anilines is 10. The Bertz CT molecular complexity index is 1770. The van der Waals surface area contributed by atoms with E-state index in [4.69, 9.17) is 0 Å². The summed E-state index contributed by atoms with van der Waals surface area (Å²) in [6.07, 6.45) is 0. The summed E-state index contributed by atoms with van der Waals surface area (Å²) in [6, 6.07) is 39.3. The van der Waals surface area contributed by atoms with E-state index >= 15 is 0 Å². The maximum atomic E-state index is 12.0. The van der Waals surface area contributed by atoms with E-state index in [1.807, 2.05) is 121 Å². The molecule has 10 nitrogen and oxygen atoms in total. The number of benzene rings is 5. The third kappa shape index (κ3) is 7.97. The molecule has 0 bridgehead atoms. The second kappa shape index (κ2) is 15.6. The van der Waals surface area contributed by atoms with Crippen molar-refractivity contribution >= 4 is 80.5 Å². The van der Waals surface area contributed by atoms with Crippen LogP contribution in [-0.4, -0.2) is 51.8 Å². The van der Waals surface area contributed by atoms with E-state index in [0.29, 0.717) is 0 Å². The van der Waals surface area contributed by atoms with Crippen molar-refractivity contribution in [3.8, 4) is 0 Å². The summed E-state index contributed by atoms with van der Waals surface area (Å²) in [7, 11) is 6.98. The van der Waals surface area contributed by atoms with Crippen LogP contribution in [0.25, 0.3) is 0 Å². The van der Waals surface area contributed by atoms with Gasteiger partial charge in [0.15, 0.2) is 0 Å². The maximum absolute atomic E-state index is 12.0. The van der Waals surface area contributed by atoms with Gasteiger partial charge in [-0.05, 0) is 121 Å². The lowest BCUT2D eigenvalue weighted by molar-refractivity contribution is -0.117. The molecule has 52 heavy (non-hydrogen) atoms. The SMILES string of the molecule is CC(=O)N(C)c1ccc(N(c2ccc(N(C)C(C)=O)cc2)c2ccc(N(c3ccc(N(C)C(C)=O)cc3)c3ccc(N(C)C(C)=O)cc3)cc2)cc1. The second-order valence-corrected chi connectivity index (χ2v) is 12.6. The first-order chi connectivity index (χ1) is 24.8. The average Bonchev–Trinajstić information content (AvgIpc) is 3.15. The lowest BCUT2D eigenvalue weighted by atomic mass is 10.1. The minimum Gasteiger partial charge on any atom is -0.316 e. The molecule has 266 valence electrons. The highest BCUT2D eigenvalue weighted by molar-refractivity contribution is 5.94. The van der Waals surface area contributed by atoms with Gasteiger partial charge in [0.2, 0.25) is 23.6 Å². The highest BCUT2D eigenvalue weighted by Crippen LogP contribution is 2.40. The van der Waals surface area contributed by atoms with Gasteiger partial charge in [0, 0.05) is 113 Å². The molecule has 10 heteroatoms. The summed E-state index contributed by atoms with van der Waals surface area (Å²) >= 11 is 0. The zero-order chi connectivity index (χ0) is 37.7. The van der Waals surface area contributed by atoms with Gasteiger partial charge in [-0.1, -0.05) is 0 Å². The zero-order valence-corrected chi connectivity index (χ0v) is 30.9. The number of nitrogens with zero attached hydrogens (tertiary/aromatic N) is 6. The van der Waals surface area contributed by atoms with Gasteiger partial charge in [-0.2, -0.15) is 0 Å². The molecule has 0 fully saturated rings. The lowest BCUT2D eigenvalue weighted by Gasteiger charge is -2.29. The molecule has 0 atom stereocenters. The van der Waals surface area contributed by atoms with E-state index in [-0.39, 0.29) is 23.6 Å². The molecule has 0 spiro atoms. The molecule has 0 unspecified atom stereocenters. The summed E-state index contributed by atoms with van der Waals surface area (Å²) in [4.78, 5) is 58.7. The van der Waals surface area contributed by atoms with Gasteiger partial charge in [0.25, 0.3) is 0 Å². The number of hydrogen-bond donors (Lipinski definition) is 0. The van der Waals surface area contributed by atoms with Gasteiger partial charge >= 0.3 is 0 Å². The zero-order valence-electron chi connectivity index (χ0n) is 30.9. The van der Waals surface area contributed by atoms with Crippen molar-refractivity contribution in [2.45, 2.75) is 27.7 Å². The molecule has 5 rings (SSSR count). The molecule has 0 N–H and O–H groups in total. The van der Waals surface area contributed by atoms with E-state index < -0.39 is 0 Å². The van der Waals surface area contributed by atoms with Crippen LogP contribution in [0.1, 0.15) is 27.7 Å². The molecule has 5 aromatic carbocycles. The van der Waals surface area contributed by atoms with E-state index in [1.54, 1.807) is 47.8 Å². The molecule has 0 heterocycles. The van der Waals surface area contributed by atoms with E-state index in [1.165, 1.54) is 27.7 Å². The summed E-state index contributed by atoms with van der Waals surface area (Å²) in [5.41, 5.74) is 8.43. The molecule has 0 aliphatic rings. The first-order valence-electron chi connectivity index (χ1n) is 16.8. The Hall–Kier alpha value is -6.42. The number of hydrogen-bond acceptors (Lipinski definition) is 6. The van der Waals surface area contributed by atoms with E-state index in [2.05, 4.69) is 9.80 Å². The van der Waals surface area contributed by atoms with Crippen LogP contribution < -0.4 is 29.4 Å². The Morgan fingerprint density at radius 1 is 0.269 bits per heavy atom. The third-order valence-corrected chi connectivity index (χ3v) is 9.24. The molecule has 0 aliphatic heterocycles. The maximum Gasteiger partial charge on any atom is 0.223 e. The van der Waals surface area contributed by atoms with Gasteiger partial charge in [0.1, 0.15) is 0 Å². The van der Waals surface area contributed by atoms with Crippen molar-refractivity contribution in [1.82, 2.24) is 0 Å². The number of rotatable bonds is 10. The standard InChI is InChI=1S/C42H44N6O4/c1-29(49)43(5)33-9-17-37(18-10-33)47(38-19-11-34(12-20-38)44(6)30(2)50)41-25-27-42(28-26-41)48(39-21-13-35(14-22-39)45(7)31(3)51)40-23-15-36(16-24-40)46(8)32(4)52/h9-28H,1-8H3. The van der Waals surface area contributed by atoms with Gasteiger partial charge in [-0.15, -0.1) is 0 Å². The first-order valence-corrected chi connectivity index (χ1v) is 16.8. The van der Waals surface area contributed by atoms with Crippen molar-refractivity contribution in [3.63, 3.8) is 0 Å². The molecular weight excluding hydrogens is 652 g/mol. The van der Waals surface area contributed by atoms with Crippen LogP contribution in [0.2, 0.25) is 0 Å². The minimum absolute atomic E-state index is 0.0593. The third-order valence-electron chi connectivity index (χ3n) is 9.24. The molecule has 4 amide bonds. The smallest absolute Gasteiger partial charge is 0.223 e. The fourth-order valence-electron chi connectivity index (χ4n) is 5.67. The van der Waals surface area contributed by atoms with Crippen molar-refractivity contribution < 1.29 is 19.2 Å². The highest BCUT2D eigenvalue weighted by atomic mass is 16.2. The van der Waals surface area contributed by atoms with Crippen molar-refractivity contribution in [3.05, 3.63) is 121 Å². The highest BCUT2D eigenvalue weighted by Gasteiger charge is 2.18. The Balaban J connectivity index is 1.58. The number of carbonyl (C=O) groups excluding carboxylic acids is 4. The summed E-state index contributed by atoms with van der Waals surface area (Å²) in [5, 5.41) is 0. The van der Waals surface area contributed by atoms with Gasteiger partial charge < -0.3 is 29.4 Å². The van der Waals surface area contributed by atoms with Crippen molar-refractivity contribution in [2.75, 3.05) is 57.6 Å². The van der Waals surface area contributed by atoms with Crippen LogP contribution in [0.3, 0.4) is 0 Å². The fraction of sp³-hybridized carbons (Fsp3) is 0.190. The van der Waals surface area contributed by atoms with E-state index in [0.717, 1.165) is 56.9 Å². The van der Waals surface area contributed by atoms with Gasteiger partial charge in [-0.3, -0.25) is 19.2 Å².